The third-order valence-corrected chi connectivity index (χ3v) is 14.2. The smallest absolute Gasteiger partial charge is 0.231 e. The summed E-state index contributed by atoms with van der Waals surface area (Å²) in [5.41, 5.74) is 9.95. The monoisotopic (exact) mass is 970 g/mol. The molecule has 11 heteroatoms. The van der Waals surface area contributed by atoms with E-state index in [1.165, 1.54) is 5.56 Å². The number of fused-ring (bicyclic) bond motifs is 12. The van der Waals surface area contributed by atoms with Gasteiger partial charge in [-0.2, -0.15) is 9.13 Å². The number of aliphatic hydroxyl groups is 2. The Morgan fingerprint density at radius 3 is 1.47 bits per heavy atom. The van der Waals surface area contributed by atoms with Gasteiger partial charge in [0.15, 0.2) is 46.9 Å². The quantitative estimate of drug-likeness (QED) is 0.102. The van der Waals surface area contributed by atoms with Crippen LogP contribution in [-0.2, 0) is 27.3 Å². The van der Waals surface area contributed by atoms with Crippen molar-refractivity contribution in [2.75, 3.05) is 42.3 Å². The van der Waals surface area contributed by atoms with Crippen LogP contribution in [0, 0.1) is 0 Å². The lowest BCUT2D eigenvalue weighted by molar-refractivity contribution is -0.642. The van der Waals surface area contributed by atoms with E-state index in [1.54, 1.807) is 35.5 Å². The number of rotatable bonds is 10. The summed E-state index contributed by atoms with van der Waals surface area (Å²) in [7, 11) is 12.4. The average Bonchev–Trinajstić information content (AvgIpc) is 3.94. The minimum Gasteiger partial charge on any atom is -0.497 e. The minimum atomic E-state index is -0.138. The molecular formula is C62H54N2O9+2. The summed E-state index contributed by atoms with van der Waals surface area (Å²) in [6, 6.07) is 47.6. The third-order valence-electron chi connectivity index (χ3n) is 14.2. The molecule has 73 heavy (non-hydrogen) atoms. The van der Waals surface area contributed by atoms with Crippen LogP contribution in [0.5, 0.6) is 40.2 Å². The molecule has 0 unspecified atom stereocenters. The topological polar surface area (TPSA) is 113 Å². The summed E-state index contributed by atoms with van der Waals surface area (Å²) >= 11 is 0. The Balaban J connectivity index is 0.000000159. The van der Waals surface area contributed by atoms with Crippen molar-refractivity contribution in [2.24, 2.45) is 14.1 Å². The molecule has 0 radical (unpaired) electrons. The van der Waals surface area contributed by atoms with Crippen molar-refractivity contribution >= 4 is 64.9 Å². The second-order valence-electron chi connectivity index (χ2n) is 18.0. The molecule has 0 saturated heterocycles. The lowest BCUT2D eigenvalue weighted by Crippen LogP contribution is -2.29. The van der Waals surface area contributed by atoms with Gasteiger partial charge in [-0.05, 0) is 81.9 Å². The van der Waals surface area contributed by atoms with Gasteiger partial charge < -0.3 is 43.4 Å². The summed E-state index contributed by atoms with van der Waals surface area (Å²) < 4.78 is 44.4. The number of hydrogen-bond acceptors (Lipinski definition) is 9. The molecule has 3 heterocycles. The highest BCUT2D eigenvalue weighted by atomic mass is 16.7. The lowest BCUT2D eigenvalue weighted by Gasteiger charge is -2.18. The molecule has 0 bridgehead atoms. The van der Waals surface area contributed by atoms with Crippen molar-refractivity contribution < 1.29 is 52.5 Å². The maximum absolute atomic E-state index is 10.1. The number of methoxy groups -OCH3 is 5. The Kier molecular flexibility index (Phi) is 12.3. The summed E-state index contributed by atoms with van der Waals surface area (Å²) in [6.45, 7) is -0.00861. The number of hydrogen-bond donors (Lipinski definition) is 2. The molecule has 2 N–H and O–H groups in total. The first-order chi connectivity index (χ1) is 35.7. The zero-order chi connectivity index (χ0) is 50.5. The number of aromatic nitrogens is 2. The molecule has 9 aromatic carbocycles. The average molecular weight is 971 g/mol. The summed E-state index contributed by atoms with van der Waals surface area (Å²) in [6.07, 6.45) is 4.14. The molecule has 1 aliphatic rings. The van der Waals surface area contributed by atoms with Crippen LogP contribution in [-0.4, -0.2) is 52.6 Å². The van der Waals surface area contributed by atoms with E-state index in [2.05, 4.69) is 95.2 Å². The fourth-order valence-electron chi connectivity index (χ4n) is 10.8. The molecule has 12 rings (SSSR count). The van der Waals surface area contributed by atoms with Gasteiger partial charge in [-0.15, -0.1) is 0 Å². The van der Waals surface area contributed by atoms with Gasteiger partial charge in [0.05, 0.1) is 81.1 Å². The van der Waals surface area contributed by atoms with Gasteiger partial charge in [-0.25, -0.2) is 0 Å². The Hall–Kier alpha value is -8.64. The van der Waals surface area contributed by atoms with Crippen LogP contribution in [0.15, 0.2) is 152 Å². The summed E-state index contributed by atoms with van der Waals surface area (Å²) in [5, 5.41) is 30.4. The van der Waals surface area contributed by atoms with Crippen LogP contribution in [0.2, 0.25) is 0 Å². The molecule has 11 aromatic rings. The van der Waals surface area contributed by atoms with Crippen molar-refractivity contribution in [3.05, 3.63) is 163 Å². The van der Waals surface area contributed by atoms with E-state index in [0.717, 1.165) is 121 Å². The molecule has 0 spiro atoms. The minimum absolute atomic E-state index is 0.116. The number of aliphatic hydroxyl groups excluding tert-OH is 2. The second kappa shape index (κ2) is 19.2. The van der Waals surface area contributed by atoms with Gasteiger partial charge in [0.25, 0.3) is 0 Å². The van der Waals surface area contributed by atoms with E-state index in [-0.39, 0.29) is 20.0 Å². The van der Waals surface area contributed by atoms with Crippen LogP contribution < -0.4 is 42.3 Å². The molecule has 0 fully saturated rings. The van der Waals surface area contributed by atoms with Gasteiger partial charge >= 0.3 is 0 Å². The van der Waals surface area contributed by atoms with Crippen LogP contribution in [0.3, 0.4) is 0 Å². The molecule has 0 aliphatic carbocycles. The molecule has 0 saturated carbocycles. The zero-order valence-corrected chi connectivity index (χ0v) is 41.7. The highest BCUT2D eigenvalue weighted by Crippen LogP contribution is 2.49. The van der Waals surface area contributed by atoms with Crippen LogP contribution in [0.25, 0.3) is 98.3 Å². The predicted molar refractivity (Wildman–Crippen MR) is 287 cm³/mol. The van der Waals surface area contributed by atoms with Gasteiger partial charge in [0, 0.05) is 32.7 Å². The Morgan fingerprint density at radius 1 is 0.438 bits per heavy atom. The van der Waals surface area contributed by atoms with Gasteiger partial charge in [-0.1, -0.05) is 91.0 Å². The molecule has 0 atom stereocenters. The van der Waals surface area contributed by atoms with Crippen LogP contribution >= 0.6 is 0 Å². The van der Waals surface area contributed by atoms with Crippen LogP contribution in [0.4, 0.5) is 0 Å². The Morgan fingerprint density at radius 2 is 0.932 bits per heavy atom. The largest absolute Gasteiger partial charge is 0.497 e. The molecule has 364 valence electrons. The van der Waals surface area contributed by atoms with Crippen molar-refractivity contribution in [3.63, 3.8) is 0 Å². The third kappa shape index (κ3) is 7.76. The molecule has 11 nitrogen and oxygen atoms in total. The number of benzene rings is 9. The fraction of sp³-hybridized carbons (Fsp3) is 0.161. The van der Waals surface area contributed by atoms with Gasteiger partial charge in [0.1, 0.15) is 19.8 Å². The summed E-state index contributed by atoms with van der Waals surface area (Å²) in [5.74, 6) is 5.10. The zero-order valence-electron chi connectivity index (χ0n) is 41.7. The normalized spacial score (nSPS) is 11.9. The van der Waals surface area contributed by atoms with Crippen molar-refractivity contribution in [3.8, 4) is 73.6 Å². The fourth-order valence-corrected chi connectivity index (χ4v) is 10.8. The highest BCUT2D eigenvalue weighted by molar-refractivity contribution is 6.19. The molecule has 1 aliphatic heterocycles. The first kappa shape index (κ1) is 46.7. The van der Waals surface area contributed by atoms with Crippen molar-refractivity contribution in [1.82, 2.24) is 0 Å². The molecule has 2 aromatic heterocycles. The number of ether oxygens (including phenoxy) is 7. The maximum atomic E-state index is 10.1. The van der Waals surface area contributed by atoms with Gasteiger partial charge in [-0.3, -0.25) is 0 Å². The maximum Gasteiger partial charge on any atom is 0.231 e. The SMILES string of the molecule is COc1cc2c(ccc3c4ccc(CO)c(CO)c4c[n+](C)c23)c(-c2ccc(-c3ccccc3)cc2)c1OC.COc1ccc(-c2c(OC)c(OC)cc3c2ccc2c4ccc5c(c4c[n+](C)c32)OCO5)cc1. The van der Waals surface area contributed by atoms with E-state index in [4.69, 9.17) is 33.2 Å². The molecular weight excluding hydrogens is 917 g/mol. The van der Waals surface area contributed by atoms with Crippen molar-refractivity contribution in [1.29, 1.82) is 0 Å². The Bertz CT molecular complexity index is 3950. The number of aryl methyl sites for hydroxylation is 2. The van der Waals surface area contributed by atoms with E-state index in [9.17, 15) is 10.2 Å². The standard InChI is InChI=1S/C34H30NO4.C28H24NO5/c1-35-18-29-25(14-13-24(19-36)30(29)20-37)27-16-15-26-28(33(27)35)17-31(38-2)34(39-3)32(26)23-11-9-22(10-12-23)21-7-5-4-6-8-21;1-29-14-22-18(11-12-23-27(22)34-15-33-23)20-10-9-19-21(26(20)29)13-24(31-3)28(32-4)25(19)16-5-7-17(30-2)8-6-16/h4-18,36-37H,19-20H2,1-3H3;5-14H,15H2,1-4H3/q2*+1. The first-order valence-corrected chi connectivity index (χ1v) is 23.9. The van der Waals surface area contributed by atoms with E-state index in [0.29, 0.717) is 23.0 Å². The van der Waals surface area contributed by atoms with E-state index < -0.39 is 0 Å². The predicted octanol–water partition coefficient (Wildman–Crippen LogP) is 11.7. The van der Waals surface area contributed by atoms with E-state index in [1.807, 2.05) is 80.0 Å². The number of nitrogens with zero attached hydrogens (tertiary/aromatic N) is 2. The number of pyridine rings is 2. The first-order valence-electron chi connectivity index (χ1n) is 23.9. The van der Waals surface area contributed by atoms with Crippen molar-refractivity contribution in [2.45, 2.75) is 13.2 Å². The van der Waals surface area contributed by atoms with E-state index >= 15 is 0 Å². The van der Waals surface area contributed by atoms with Gasteiger partial charge in [0.2, 0.25) is 17.8 Å². The molecule has 0 amide bonds. The van der Waals surface area contributed by atoms with Crippen LogP contribution in [0.1, 0.15) is 11.1 Å². The highest BCUT2D eigenvalue weighted by Gasteiger charge is 2.27. The summed E-state index contributed by atoms with van der Waals surface area (Å²) in [4.78, 5) is 0. The Labute approximate surface area is 422 Å². The lowest BCUT2D eigenvalue weighted by atomic mass is 9.91. The second-order valence-corrected chi connectivity index (χ2v) is 18.0.